The number of hydrogen-bond acceptors (Lipinski definition) is 3. The largest absolute Gasteiger partial charge is 0.493 e. The van der Waals surface area contributed by atoms with Crippen LogP contribution in [0.25, 0.3) is 0 Å². The van der Waals surface area contributed by atoms with Crippen LogP contribution in [-0.2, 0) is 22.4 Å². The van der Waals surface area contributed by atoms with Crippen molar-refractivity contribution in [2.45, 2.75) is 38.0 Å². The second-order valence-electron chi connectivity index (χ2n) is 7.12. The summed E-state index contributed by atoms with van der Waals surface area (Å²) in [6, 6.07) is 18.1. The Labute approximate surface area is 190 Å². The maximum absolute atomic E-state index is 12.3. The van der Waals surface area contributed by atoms with Crippen molar-refractivity contribution >= 4 is 23.4 Å². The van der Waals surface area contributed by atoms with E-state index in [1.807, 2.05) is 49.5 Å². The summed E-state index contributed by atoms with van der Waals surface area (Å²) in [5.41, 5.74) is 6.84. The van der Waals surface area contributed by atoms with Crippen molar-refractivity contribution in [3.8, 4) is 5.75 Å². The van der Waals surface area contributed by atoms with Crippen molar-refractivity contribution in [1.29, 1.82) is 0 Å². The van der Waals surface area contributed by atoms with Crippen LogP contribution in [0.3, 0.4) is 0 Å². The number of alkyl halides is 1. The van der Waals surface area contributed by atoms with Crippen molar-refractivity contribution < 1.29 is 14.3 Å². The molecule has 0 heterocycles. The molecule has 0 saturated heterocycles. The first-order valence-electron chi connectivity index (χ1n) is 10.4. The van der Waals surface area contributed by atoms with Crippen LogP contribution in [0.15, 0.2) is 67.3 Å². The minimum absolute atomic E-state index is 0.0108. The molecule has 31 heavy (non-hydrogen) atoms. The normalized spacial score (nSPS) is 10.9. The van der Waals surface area contributed by atoms with Crippen molar-refractivity contribution in [2.75, 3.05) is 20.2 Å². The number of nitrogens with two attached hydrogens (primary N) is 1. The zero-order chi connectivity index (χ0) is 23.1. The van der Waals surface area contributed by atoms with E-state index in [0.29, 0.717) is 13.0 Å². The van der Waals surface area contributed by atoms with Gasteiger partial charge in [-0.2, -0.15) is 0 Å². The number of halogens is 1. The first-order valence-corrected chi connectivity index (χ1v) is 10.9. The lowest BCUT2D eigenvalue weighted by atomic mass is 10.1. The number of benzene rings is 2. The molecule has 1 unspecified atom stereocenters. The summed E-state index contributed by atoms with van der Waals surface area (Å²) in [5.74, 6) is 0.343. The molecule has 0 spiro atoms. The Balaban J connectivity index is 0.000000861. The fourth-order valence-electron chi connectivity index (χ4n) is 2.69. The van der Waals surface area contributed by atoms with Gasteiger partial charge in [-0.25, -0.2) is 0 Å². The molecule has 2 rings (SSSR count). The number of amides is 2. The zero-order valence-corrected chi connectivity index (χ0v) is 19.2. The number of hydrogen-bond donors (Lipinski definition) is 1. The van der Waals surface area contributed by atoms with Gasteiger partial charge in [0.05, 0.1) is 6.61 Å². The highest BCUT2D eigenvalue weighted by Gasteiger charge is 2.19. The van der Waals surface area contributed by atoms with Crippen molar-refractivity contribution in [3.05, 3.63) is 78.4 Å². The lowest BCUT2D eigenvalue weighted by Crippen LogP contribution is -2.35. The molecule has 0 aliphatic heterocycles. The summed E-state index contributed by atoms with van der Waals surface area (Å²) in [7, 11) is 1.82. The summed E-state index contributed by atoms with van der Waals surface area (Å²) < 4.78 is 5.79. The second kappa shape index (κ2) is 15.1. The Bertz CT molecular complexity index is 794. The molecule has 0 fully saturated rings. The Morgan fingerprint density at radius 2 is 1.74 bits per heavy atom. The van der Waals surface area contributed by atoms with Gasteiger partial charge in [0.15, 0.2) is 0 Å². The van der Waals surface area contributed by atoms with E-state index in [4.69, 9.17) is 16.3 Å². The first-order chi connectivity index (χ1) is 14.9. The lowest BCUT2D eigenvalue weighted by Gasteiger charge is -2.20. The van der Waals surface area contributed by atoms with E-state index in [1.165, 1.54) is 5.56 Å². The molecule has 0 saturated carbocycles. The number of carbonyl (C=O) groups excluding carboxylic acids is 2. The molecule has 2 N–H and O–H groups in total. The summed E-state index contributed by atoms with van der Waals surface area (Å²) in [4.78, 5) is 23.5. The van der Waals surface area contributed by atoms with Crippen LogP contribution in [0, 0.1) is 0 Å². The van der Waals surface area contributed by atoms with Crippen LogP contribution < -0.4 is 10.5 Å². The van der Waals surface area contributed by atoms with Gasteiger partial charge in [0.25, 0.3) is 0 Å². The van der Waals surface area contributed by atoms with E-state index in [0.717, 1.165) is 43.2 Å². The van der Waals surface area contributed by atoms with Crippen LogP contribution in [0.1, 0.15) is 30.9 Å². The maximum atomic E-state index is 12.3. The molecule has 168 valence electrons. The SMILES string of the molecule is C=CC(N)=O.CCCCN(C)C(=O)C(Cl)Cc1ccc(OCCc2ccccc2)cc1. The van der Waals surface area contributed by atoms with Crippen LogP contribution in [-0.4, -0.2) is 42.3 Å². The maximum Gasteiger partial charge on any atom is 0.240 e. The van der Waals surface area contributed by atoms with Crippen LogP contribution in [0.2, 0.25) is 0 Å². The molecular formula is C25H33ClN2O3. The highest BCUT2D eigenvalue weighted by atomic mass is 35.5. The quantitative estimate of drug-likeness (QED) is 0.413. The minimum Gasteiger partial charge on any atom is -0.493 e. The number of rotatable bonds is 11. The molecule has 0 aromatic heterocycles. The number of ether oxygens (including phenoxy) is 1. The van der Waals surface area contributed by atoms with Crippen LogP contribution >= 0.6 is 11.6 Å². The highest BCUT2D eigenvalue weighted by molar-refractivity contribution is 6.30. The van der Waals surface area contributed by atoms with Gasteiger partial charge < -0.3 is 15.4 Å². The fraction of sp³-hybridized carbons (Fsp3) is 0.360. The predicted molar refractivity (Wildman–Crippen MR) is 127 cm³/mol. The average Bonchev–Trinajstić information content (AvgIpc) is 2.79. The smallest absolute Gasteiger partial charge is 0.240 e. The number of carbonyl (C=O) groups is 2. The highest BCUT2D eigenvalue weighted by Crippen LogP contribution is 2.16. The van der Waals surface area contributed by atoms with Crippen molar-refractivity contribution in [2.24, 2.45) is 5.73 Å². The van der Waals surface area contributed by atoms with E-state index >= 15 is 0 Å². The molecule has 0 bridgehead atoms. The molecular weight excluding hydrogens is 412 g/mol. The summed E-state index contributed by atoms with van der Waals surface area (Å²) >= 11 is 6.31. The predicted octanol–water partition coefficient (Wildman–Crippen LogP) is 4.37. The van der Waals surface area contributed by atoms with Gasteiger partial charge in [-0.05, 0) is 42.2 Å². The molecule has 2 aromatic carbocycles. The molecule has 1 atom stereocenters. The average molecular weight is 445 g/mol. The molecule has 0 radical (unpaired) electrons. The van der Waals surface area contributed by atoms with Gasteiger partial charge in [0, 0.05) is 20.0 Å². The van der Waals surface area contributed by atoms with E-state index in [9.17, 15) is 9.59 Å². The van der Waals surface area contributed by atoms with E-state index in [1.54, 1.807) is 4.90 Å². The lowest BCUT2D eigenvalue weighted by molar-refractivity contribution is -0.129. The Hall–Kier alpha value is -2.79. The summed E-state index contributed by atoms with van der Waals surface area (Å²) in [6.45, 7) is 6.59. The fourth-order valence-corrected chi connectivity index (χ4v) is 3.04. The third-order valence-corrected chi connectivity index (χ3v) is 4.87. The third-order valence-electron chi connectivity index (χ3n) is 4.53. The van der Waals surface area contributed by atoms with Crippen molar-refractivity contribution in [1.82, 2.24) is 4.90 Å². The number of primary amides is 1. The second-order valence-corrected chi connectivity index (χ2v) is 7.65. The molecule has 6 heteroatoms. The zero-order valence-electron chi connectivity index (χ0n) is 18.4. The third kappa shape index (κ3) is 11.2. The number of nitrogens with zero attached hydrogens (tertiary/aromatic N) is 1. The number of unbranched alkanes of at least 4 members (excludes halogenated alkanes) is 1. The van der Waals surface area contributed by atoms with Gasteiger partial charge in [0.2, 0.25) is 11.8 Å². The van der Waals surface area contributed by atoms with Crippen LogP contribution in [0.4, 0.5) is 0 Å². The summed E-state index contributed by atoms with van der Waals surface area (Å²) in [6.07, 6.45) is 4.53. The Kier molecular flexibility index (Phi) is 12.8. The monoisotopic (exact) mass is 444 g/mol. The van der Waals surface area contributed by atoms with E-state index in [-0.39, 0.29) is 5.91 Å². The van der Waals surface area contributed by atoms with Gasteiger partial charge >= 0.3 is 0 Å². The van der Waals surface area contributed by atoms with Gasteiger partial charge in [0.1, 0.15) is 11.1 Å². The van der Waals surface area contributed by atoms with Gasteiger partial charge in [-0.15, -0.1) is 11.6 Å². The molecule has 0 aliphatic carbocycles. The molecule has 5 nitrogen and oxygen atoms in total. The van der Waals surface area contributed by atoms with Gasteiger partial charge in [-0.1, -0.05) is 62.4 Å². The topological polar surface area (TPSA) is 72.6 Å². The summed E-state index contributed by atoms with van der Waals surface area (Å²) in [5, 5.41) is -0.526. The molecule has 2 amide bonds. The Morgan fingerprint density at radius 3 is 2.29 bits per heavy atom. The first kappa shape index (κ1) is 26.2. The Morgan fingerprint density at radius 1 is 1.13 bits per heavy atom. The standard InChI is InChI=1S/C22H28ClNO2.C3H5NO/c1-3-4-15-24(2)22(25)21(23)17-19-10-12-20(13-11-19)26-16-14-18-8-6-5-7-9-18;1-2-3(4)5/h5-13,21H,3-4,14-17H2,1-2H3;2H,1H2,(H2,4,5). The molecule has 0 aliphatic rings. The van der Waals surface area contributed by atoms with E-state index < -0.39 is 11.3 Å². The molecule has 2 aromatic rings. The van der Waals surface area contributed by atoms with Crippen LogP contribution in [0.5, 0.6) is 5.75 Å². The van der Waals surface area contributed by atoms with Gasteiger partial charge in [-0.3, -0.25) is 9.59 Å². The van der Waals surface area contributed by atoms with Crippen molar-refractivity contribution in [3.63, 3.8) is 0 Å². The van der Waals surface area contributed by atoms with E-state index in [2.05, 4.69) is 31.4 Å². The minimum atomic E-state index is -0.526.